The van der Waals surface area contributed by atoms with Gasteiger partial charge in [0.25, 0.3) is 0 Å². The first-order valence-electron chi connectivity index (χ1n) is 9.35. The first-order chi connectivity index (χ1) is 10.6. The van der Waals surface area contributed by atoms with E-state index in [-0.39, 0.29) is 5.82 Å². The molecule has 0 bridgehead atoms. The lowest BCUT2D eigenvalue weighted by Crippen LogP contribution is -2.15. The van der Waals surface area contributed by atoms with E-state index >= 15 is 0 Å². The molecular formula is C21H33F. The van der Waals surface area contributed by atoms with Crippen LogP contribution in [0, 0.1) is 31.5 Å². The van der Waals surface area contributed by atoms with Crippen LogP contribution >= 0.6 is 0 Å². The molecule has 1 heteroatoms. The van der Waals surface area contributed by atoms with E-state index in [1.807, 2.05) is 6.92 Å². The molecule has 0 amide bonds. The van der Waals surface area contributed by atoms with E-state index in [1.54, 1.807) is 6.07 Å². The third-order valence-electron chi connectivity index (χ3n) is 5.55. The quantitative estimate of drug-likeness (QED) is 0.488. The first kappa shape index (κ1) is 17.5. The number of hydrogen-bond acceptors (Lipinski definition) is 0. The van der Waals surface area contributed by atoms with Crippen molar-refractivity contribution in [2.75, 3.05) is 0 Å². The van der Waals surface area contributed by atoms with E-state index in [2.05, 4.69) is 19.9 Å². The van der Waals surface area contributed by atoms with Crippen LogP contribution in [0.5, 0.6) is 0 Å². The third kappa shape index (κ3) is 5.11. The van der Waals surface area contributed by atoms with Crippen molar-refractivity contribution < 1.29 is 4.39 Å². The molecule has 0 aromatic heterocycles. The van der Waals surface area contributed by atoms with E-state index in [4.69, 9.17) is 0 Å². The predicted molar refractivity (Wildman–Crippen MR) is 93.8 cm³/mol. The monoisotopic (exact) mass is 304 g/mol. The molecule has 0 aliphatic heterocycles. The zero-order chi connectivity index (χ0) is 15.9. The molecule has 124 valence electrons. The lowest BCUT2D eigenvalue weighted by atomic mass is 9.77. The molecular weight excluding hydrogens is 271 g/mol. The maximum atomic E-state index is 14.1. The Hall–Kier alpha value is -0.850. The van der Waals surface area contributed by atoms with E-state index in [0.29, 0.717) is 0 Å². The van der Waals surface area contributed by atoms with Gasteiger partial charge in [-0.1, -0.05) is 64.4 Å². The SMILES string of the molecule is CCCCCC1CCC(CCc2c(C)cc(C)cc2F)CC1. The molecule has 0 unspecified atom stereocenters. The highest BCUT2D eigenvalue weighted by atomic mass is 19.1. The standard InChI is InChI=1S/C21H33F/c1-4-5-6-7-18-8-10-19(11-9-18)12-13-20-17(3)14-16(2)15-21(20)22/h14-15,18-19H,4-13H2,1-3H3. The fourth-order valence-electron chi connectivity index (χ4n) is 4.10. The van der Waals surface area contributed by atoms with Crippen LogP contribution in [-0.2, 0) is 6.42 Å². The average molecular weight is 304 g/mol. The van der Waals surface area contributed by atoms with Crippen molar-refractivity contribution in [1.29, 1.82) is 0 Å². The maximum Gasteiger partial charge on any atom is 0.126 e. The van der Waals surface area contributed by atoms with Gasteiger partial charge >= 0.3 is 0 Å². The Morgan fingerprint density at radius 1 is 0.955 bits per heavy atom. The lowest BCUT2D eigenvalue weighted by molar-refractivity contribution is 0.248. The summed E-state index contributed by atoms with van der Waals surface area (Å²) in [6.45, 7) is 6.30. The molecule has 0 spiro atoms. The largest absolute Gasteiger partial charge is 0.207 e. The van der Waals surface area contributed by atoms with Gasteiger partial charge in [-0.3, -0.25) is 0 Å². The van der Waals surface area contributed by atoms with Gasteiger partial charge in [-0.2, -0.15) is 0 Å². The van der Waals surface area contributed by atoms with E-state index in [1.165, 1.54) is 57.8 Å². The van der Waals surface area contributed by atoms with Gasteiger partial charge < -0.3 is 0 Å². The number of halogens is 1. The van der Waals surface area contributed by atoms with Gasteiger partial charge in [-0.05, 0) is 61.3 Å². The second-order valence-electron chi connectivity index (χ2n) is 7.46. The summed E-state index contributed by atoms with van der Waals surface area (Å²) < 4.78 is 14.1. The van der Waals surface area contributed by atoms with Crippen molar-refractivity contribution in [2.24, 2.45) is 11.8 Å². The Kier molecular flexibility index (Phi) is 6.92. The molecule has 0 nitrogen and oxygen atoms in total. The van der Waals surface area contributed by atoms with Crippen LogP contribution in [0.15, 0.2) is 12.1 Å². The summed E-state index contributed by atoms with van der Waals surface area (Å²) in [5.74, 6) is 1.80. The van der Waals surface area contributed by atoms with E-state index in [9.17, 15) is 4.39 Å². The number of hydrogen-bond donors (Lipinski definition) is 0. The number of rotatable bonds is 7. The Morgan fingerprint density at radius 3 is 2.18 bits per heavy atom. The fraction of sp³-hybridized carbons (Fsp3) is 0.714. The molecule has 0 radical (unpaired) electrons. The summed E-state index contributed by atoms with van der Waals surface area (Å²) in [7, 11) is 0. The van der Waals surface area contributed by atoms with Crippen molar-refractivity contribution in [3.05, 3.63) is 34.6 Å². The smallest absolute Gasteiger partial charge is 0.126 e. The molecule has 2 rings (SSSR count). The highest BCUT2D eigenvalue weighted by Gasteiger charge is 2.21. The molecule has 1 aromatic rings. The molecule has 0 atom stereocenters. The topological polar surface area (TPSA) is 0 Å². The number of benzene rings is 1. The maximum absolute atomic E-state index is 14.1. The molecule has 0 heterocycles. The zero-order valence-corrected chi connectivity index (χ0v) is 14.8. The van der Waals surface area contributed by atoms with Gasteiger partial charge in [0.15, 0.2) is 0 Å². The minimum Gasteiger partial charge on any atom is -0.207 e. The van der Waals surface area contributed by atoms with E-state index in [0.717, 1.165) is 34.9 Å². The molecule has 1 fully saturated rings. The van der Waals surface area contributed by atoms with Crippen molar-refractivity contribution >= 4 is 0 Å². The Balaban J connectivity index is 1.75. The summed E-state index contributed by atoms with van der Waals surface area (Å²) in [6.07, 6.45) is 13.2. The van der Waals surface area contributed by atoms with Crippen LogP contribution in [0.4, 0.5) is 4.39 Å². The van der Waals surface area contributed by atoms with Crippen LogP contribution in [0.2, 0.25) is 0 Å². The first-order valence-corrected chi connectivity index (χ1v) is 9.35. The molecule has 22 heavy (non-hydrogen) atoms. The highest BCUT2D eigenvalue weighted by Crippen LogP contribution is 2.34. The van der Waals surface area contributed by atoms with Crippen LogP contribution in [-0.4, -0.2) is 0 Å². The second-order valence-corrected chi connectivity index (χ2v) is 7.46. The van der Waals surface area contributed by atoms with Crippen LogP contribution < -0.4 is 0 Å². The van der Waals surface area contributed by atoms with Gasteiger partial charge in [0, 0.05) is 0 Å². The number of aryl methyl sites for hydroxylation is 2. The summed E-state index contributed by atoms with van der Waals surface area (Å²) in [5, 5.41) is 0. The minimum atomic E-state index is 0.00533. The minimum absolute atomic E-state index is 0.00533. The van der Waals surface area contributed by atoms with Crippen LogP contribution in [0.3, 0.4) is 0 Å². The van der Waals surface area contributed by atoms with Gasteiger partial charge in [0.05, 0.1) is 0 Å². The summed E-state index contributed by atoms with van der Waals surface area (Å²) in [6, 6.07) is 3.80. The zero-order valence-electron chi connectivity index (χ0n) is 14.8. The molecule has 0 N–H and O–H groups in total. The fourth-order valence-corrected chi connectivity index (χ4v) is 4.10. The van der Waals surface area contributed by atoms with E-state index < -0.39 is 0 Å². The van der Waals surface area contributed by atoms with Gasteiger partial charge in [0.1, 0.15) is 5.82 Å². The van der Waals surface area contributed by atoms with Crippen molar-refractivity contribution in [2.45, 2.75) is 85.0 Å². The Labute approximate surface area is 136 Å². The van der Waals surface area contributed by atoms with Crippen molar-refractivity contribution in [1.82, 2.24) is 0 Å². The van der Waals surface area contributed by atoms with Gasteiger partial charge in [-0.25, -0.2) is 4.39 Å². The van der Waals surface area contributed by atoms with Crippen LogP contribution in [0.1, 0.15) is 81.4 Å². The van der Waals surface area contributed by atoms with Crippen LogP contribution in [0.25, 0.3) is 0 Å². The molecule has 0 saturated heterocycles. The average Bonchev–Trinajstić information content (AvgIpc) is 2.48. The predicted octanol–water partition coefficient (Wildman–Crippen LogP) is 6.76. The van der Waals surface area contributed by atoms with Crippen molar-refractivity contribution in [3.63, 3.8) is 0 Å². The molecule has 1 aliphatic carbocycles. The molecule has 1 saturated carbocycles. The van der Waals surface area contributed by atoms with Gasteiger partial charge in [-0.15, -0.1) is 0 Å². The summed E-state index contributed by atoms with van der Waals surface area (Å²) in [5.41, 5.74) is 3.12. The normalized spacial score (nSPS) is 22.0. The Morgan fingerprint density at radius 2 is 1.59 bits per heavy atom. The number of unbranched alkanes of at least 4 members (excludes halogenated alkanes) is 2. The second kappa shape index (κ2) is 8.70. The third-order valence-corrected chi connectivity index (χ3v) is 5.55. The van der Waals surface area contributed by atoms with Crippen molar-refractivity contribution in [3.8, 4) is 0 Å². The summed E-state index contributed by atoms with van der Waals surface area (Å²) in [4.78, 5) is 0. The molecule has 1 aromatic carbocycles. The lowest BCUT2D eigenvalue weighted by Gasteiger charge is -2.28. The highest BCUT2D eigenvalue weighted by molar-refractivity contribution is 5.32. The van der Waals surface area contributed by atoms with Gasteiger partial charge in [0.2, 0.25) is 0 Å². The molecule has 1 aliphatic rings. The summed E-state index contributed by atoms with van der Waals surface area (Å²) >= 11 is 0. The Bertz CT molecular complexity index is 432.